The maximum absolute atomic E-state index is 5.88. The van der Waals surface area contributed by atoms with E-state index >= 15 is 0 Å². The van der Waals surface area contributed by atoms with Crippen LogP contribution >= 0.6 is 0 Å². The fourth-order valence-corrected chi connectivity index (χ4v) is 2.61. The Morgan fingerprint density at radius 3 is 2.48 bits per heavy atom. The Bertz CT molecular complexity index is 788. The van der Waals surface area contributed by atoms with E-state index in [9.17, 15) is 0 Å². The van der Waals surface area contributed by atoms with Gasteiger partial charge in [0.1, 0.15) is 18.2 Å². The van der Waals surface area contributed by atoms with E-state index in [1.54, 1.807) is 4.68 Å². The smallest absolute Gasteiger partial charge is 0.238 e. The summed E-state index contributed by atoms with van der Waals surface area (Å²) < 4.78 is 7.65. The van der Waals surface area contributed by atoms with Crippen LogP contribution in [-0.4, -0.2) is 25.0 Å². The predicted octanol–water partition coefficient (Wildman–Crippen LogP) is 2.85. The summed E-state index contributed by atoms with van der Waals surface area (Å²) in [5, 5.41) is 12.7. The number of aromatic nitrogens is 5. The second-order valence-corrected chi connectivity index (χ2v) is 6.41. The molecule has 0 saturated heterocycles. The first-order chi connectivity index (χ1) is 10.9. The summed E-state index contributed by atoms with van der Waals surface area (Å²) in [6, 6.07) is 10.3. The molecule has 0 aliphatic carbocycles. The SMILES string of the molecule is Cc1nc(C)n(Cc2nnc(C(C)(C)Cc3ccccc3)o2)n1. The number of benzene rings is 1. The second-order valence-electron chi connectivity index (χ2n) is 6.41. The molecule has 0 aliphatic heterocycles. The van der Waals surface area contributed by atoms with Crippen LogP contribution in [0.25, 0.3) is 0 Å². The average molecular weight is 311 g/mol. The van der Waals surface area contributed by atoms with Crippen molar-refractivity contribution in [2.45, 2.75) is 46.1 Å². The van der Waals surface area contributed by atoms with Crippen molar-refractivity contribution in [3.05, 3.63) is 59.3 Å². The fourth-order valence-electron chi connectivity index (χ4n) is 2.61. The highest BCUT2D eigenvalue weighted by molar-refractivity contribution is 5.19. The third-order valence-electron chi connectivity index (χ3n) is 3.78. The zero-order valence-corrected chi connectivity index (χ0v) is 13.9. The van der Waals surface area contributed by atoms with E-state index in [1.165, 1.54) is 5.56 Å². The van der Waals surface area contributed by atoms with Crippen LogP contribution in [0, 0.1) is 13.8 Å². The molecule has 6 nitrogen and oxygen atoms in total. The fraction of sp³-hybridized carbons (Fsp3) is 0.412. The summed E-state index contributed by atoms with van der Waals surface area (Å²) in [4.78, 5) is 4.28. The van der Waals surface area contributed by atoms with Gasteiger partial charge < -0.3 is 4.42 Å². The molecule has 0 fully saturated rings. The largest absolute Gasteiger partial charge is 0.423 e. The van der Waals surface area contributed by atoms with Gasteiger partial charge in [-0.25, -0.2) is 9.67 Å². The molecule has 0 radical (unpaired) electrons. The number of hydrogen-bond acceptors (Lipinski definition) is 5. The second kappa shape index (κ2) is 5.95. The molecule has 3 aromatic rings. The number of rotatable bonds is 5. The highest BCUT2D eigenvalue weighted by Gasteiger charge is 2.28. The van der Waals surface area contributed by atoms with E-state index in [2.05, 4.69) is 46.3 Å². The first-order valence-electron chi connectivity index (χ1n) is 7.69. The molecule has 120 valence electrons. The summed E-state index contributed by atoms with van der Waals surface area (Å²) in [5.41, 5.74) is 1.03. The lowest BCUT2D eigenvalue weighted by Crippen LogP contribution is -2.21. The maximum atomic E-state index is 5.88. The first-order valence-corrected chi connectivity index (χ1v) is 7.69. The van der Waals surface area contributed by atoms with Gasteiger partial charge in [-0.3, -0.25) is 0 Å². The molecule has 23 heavy (non-hydrogen) atoms. The zero-order valence-electron chi connectivity index (χ0n) is 13.9. The summed E-state index contributed by atoms with van der Waals surface area (Å²) in [6.07, 6.45) is 0.844. The van der Waals surface area contributed by atoms with Crippen LogP contribution in [-0.2, 0) is 18.4 Å². The zero-order chi connectivity index (χ0) is 16.4. The Morgan fingerprint density at radius 2 is 1.83 bits per heavy atom. The Labute approximate surface area is 135 Å². The van der Waals surface area contributed by atoms with Crippen LogP contribution in [0.3, 0.4) is 0 Å². The molecule has 0 atom stereocenters. The van der Waals surface area contributed by atoms with Gasteiger partial charge >= 0.3 is 0 Å². The molecule has 0 amide bonds. The van der Waals surface area contributed by atoms with Gasteiger partial charge in [0, 0.05) is 5.41 Å². The molecule has 2 heterocycles. The molecule has 0 aliphatic rings. The lowest BCUT2D eigenvalue weighted by molar-refractivity contribution is 0.343. The van der Waals surface area contributed by atoms with Crippen LogP contribution in [0.15, 0.2) is 34.7 Å². The Balaban J connectivity index is 1.76. The van der Waals surface area contributed by atoms with Crippen LogP contribution in [0.5, 0.6) is 0 Å². The molecule has 6 heteroatoms. The minimum Gasteiger partial charge on any atom is -0.423 e. The minimum absolute atomic E-state index is 0.222. The predicted molar refractivity (Wildman–Crippen MR) is 86.1 cm³/mol. The van der Waals surface area contributed by atoms with Crippen molar-refractivity contribution in [1.82, 2.24) is 25.0 Å². The van der Waals surface area contributed by atoms with Crippen molar-refractivity contribution in [1.29, 1.82) is 0 Å². The Hall–Kier alpha value is -2.50. The minimum atomic E-state index is -0.222. The lowest BCUT2D eigenvalue weighted by Gasteiger charge is -2.19. The van der Waals surface area contributed by atoms with Crippen LogP contribution in [0.2, 0.25) is 0 Å². The van der Waals surface area contributed by atoms with Crippen molar-refractivity contribution in [3.8, 4) is 0 Å². The highest BCUT2D eigenvalue weighted by Crippen LogP contribution is 2.26. The van der Waals surface area contributed by atoms with Gasteiger partial charge in [-0.2, -0.15) is 5.10 Å². The van der Waals surface area contributed by atoms with Crippen LogP contribution in [0.1, 0.15) is 42.8 Å². The normalized spacial score (nSPS) is 11.8. The lowest BCUT2D eigenvalue weighted by atomic mass is 9.86. The number of nitrogens with zero attached hydrogens (tertiary/aromatic N) is 5. The number of hydrogen-bond donors (Lipinski definition) is 0. The summed E-state index contributed by atoms with van der Waals surface area (Å²) in [7, 11) is 0. The molecule has 1 aromatic carbocycles. The highest BCUT2D eigenvalue weighted by atomic mass is 16.4. The molecule has 0 saturated carbocycles. The van der Waals surface area contributed by atoms with Gasteiger partial charge in [0.15, 0.2) is 0 Å². The maximum Gasteiger partial charge on any atom is 0.238 e. The summed E-state index contributed by atoms with van der Waals surface area (Å²) in [6.45, 7) is 8.45. The van der Waals surface area contributed by atoms with E-state index < -0.39 is 0 Å². The summed E-state index contributed by atoms with van der Waals surface area (Å²) >= 11 is 0. The van der Waals surface area contributed by atoms with Gasteiger partial charge in [-0.05, 0) is 25.8 Å². The van der Waals surface area contributed by atoms with Crippen molar-refractivity contribution < 1.29 is 4.42 Å². The van der Waals surface area contributed by atoms with Gasteiger partial charge in [0.2, 0.25) is 11.8 Å². The van der Waals surface area contributed by atoms with Crippen LogP contribution < -0.4 is 0 Å². The third kappa shape index (κ3) is 3.47. The number of aryl methyl sites for hydroxylation is 2. The monoisotopic (exact) mass is 311 g/mol. The molecule has 0 spiro atoms. The Kier molecular flexibility index (Phi) is 3.98. The van der Waals surface area contributed by atoms with Crippen molar-refractivity contribution in [2.24, 2.45) is 0 Å². The van der Waals surface area contributed by atoms with Crippen molar-refractivity contribution in [3.63, 3.8) is 0 Å². The van der Waals surface area contributed by atoms with E-state index in [1.807, 2.05) is 32.0 Å². The van der Waals surface area contributed by atoms with Gasteiger partial charge in [-0.1, -0.05) is 44.2 Å². The molecular weight excluding hydrogens is 290 g/mol. The van der Waals surface area contributed by atoms with Gasteiger partial charge in [-0.15, -0.1) is 10.2 Å². The van der Waals surface area contributed by atoms with E-state index in [0.717, 1.165) is 18.1 Å². The van der Waals surface area contributed by atoms with E-state index in [-0.39, 0.29) is 5.41 Å². The van der Waals surface area contributed by atoms with Crippen molar-refractivity contribution >= 4 is 0 Å². The molecular formula is C17H21N5O. The van der Waals surface area contributed by atoms with E-state index in [0.29, 0.717) is 18.3 Å². The van der Waals surface area contributed by atoms with Crippen LogP contribution in [0.4, 0.5) is 0 Å². The topological polar surface area (TPSA) is 69.6 Å². The third-order valence-corrected chi connectivity index (χ3v) is 3.78. The van der Waals surface area contributed by atoms with Crippen molar-refractivity contribution in [2.75, 3.05) is 0 Å². The standard InChI is InChI=1S/C17H21N5O/c1-12-18-13(2)22(21-12)11-15-19-20-16(23-15)17(3,4)10-14-8-6-5-7-9-14/h5-9H,10-11H2,1-4H3. The molecule has 2 aromatic heterocycles. The first kappa shape index (κ1) is 15.4. The van der Waals surface area contributed by atoms with E-state index in [4.69, 9.17) is 4.42 Å². The molecule has 0 unspecified atom stereocenters. The van der Waals surface area contributed by atoms with Gasteiger partial charge in [0.25, 0.3) is 0 Å². The quantitative estimate of drug-likeness (QED) is 0.724. The van der Waals surface area contributed by atoms with Gasteiger partial charge in [0.05, 0.1) is 0 Å². The summed E-state index contributed by atoms with van der Waals surface area (Å²) in [5.74, 6) is 2.78. The molecule has 0 N–H and O–H groups in total. The average Bonchev–Trinajstić information content (AvgIpc) is 3.08. The molecule has 3 rings (SSSR count). The Morgan fingerprint density at radius 1 is 1.09 bits per heavy atom. The molecule has 0 bridgehead atoms.